The normalized spacial score (nSPS) is 21.9. The van der Waals surface area contributed by atoms with Crippen LogP contribution in [0, 0.1) is 12.3 Å². The molecule has 0 atom stereocenters. The Labute approximate surface area is 90.6 Å². The van der Waals surface area contributed by atoms with Crippen LogP contribution < -0.4 is 10.1 Å². The van der Waals surface area contributed by atoms with E-state index < -0.39 is 0 Å². The molecule has 0 amide bonds. The zero-order chi connectivity index (χ0) is 10.3. The molecule has 1 N–H and O–H groups in total. The summed E-state index contributed by atoms with van der Waals surface area (Å²) in [6.07, 6.45) is 3.99. The van der Waals surface area contributed by atoms with Gasteiger partial charge in [-0.05, 0) is 31.4 Å². The monoisotopic (exact) mass is 203 g/mol. The summed E-state index contributed by atoms with van der Waals surface area (Å²) in [5.41, 5.74) is 2.82. The van der Waals surface area contributed by atoms with Gasteiger partial charge in [0.25, 0.3) is 0 Å². The Morgan fingerprint density at radius 3 is 2.93 bits per heavy atom. The highest BCUT2D eigenvalue weighted by molar-refractivity contribution is 5.60. The molecule has 2 heteroatoms. The first-order chi connectivity index (χ1) is 7.29. The van der Waals surface area contributed by atoms with Crippen LogP contribution in [0.1, 0.15) is 24.8 Å². The van der Waals surface area contributed by atoms with E-state index in [0.717, 1.165) is 18.9 Å². The summed E-state index contributed by atoms with van der Waals surface area (Å²) in [7, 11) is 0. The Balaban J connectivity index is 1.91. The Morgan fingerprint density at radius 1 is 1.33 bits per heavy atom. The smallest absolute Gasteiger partial charge is 0.145 e. The number of hydrogen-bond donors (Lipinski definition) is 1. The second-order valence-electron chi connectivity index (χ2n) is 4.95. The fraction of sp³-hybridized carbons (Fsp3) is 0.538. The summed E-state index contributed by atoms with van der Waals surface area (Å²) in [5.74, 6) is 1.06. The van der Waals surface area contributed by atoms with E-state index in [-0.39, 0.29) is 0 Å². The van der Waals surface area contributed by atoms with Crippen molar-refractivity contribution in [2.75, 3.05) is 18.5 Å². The minimum atomic E-state index is 0.422. The average molecular weight is 203 g/mol. The molecule has 80 valence electrons. The third-order valence-corrected chi connectivity index (χ3v) is 3.80. The first-order valence-corrected chi connectivity index (χ1v) is 5.75. The molecule has 1 aliphatic heterocycles. The molecule has 0 unspecified atom stereocenters. The molecule has 2 nitrogen and oxygen atoms in total. The quantitative estimate of drug-likeness (QED) is 0.700. The number of ether oxygens (including phenoxy) is 1. The Hall–Kier alpha value is -1.18. The third-order valence-electron chi connectivity index (χ3n) is 3.80. The lowest BCUT2D eigenvalue weighted by atomic mass is 9.69. The number of fused-ring (bicyclic) bond motifs is 1. The standard InChI is InChI=1S/C13H17NO/c1-10-4-2-5-11-12(10)15-9-13(8-14-11)6-3-7-13/h2,4-5,14H,3,6-9H2,1H3. The molecule has 0 aromatic heterocycles. The van der Waals surface area contributed by atoms with E-state index in [1.165, 1.54) is 30.5 Å². The first kappa shape index (κ1) is 9.08. The molecule has 1 fully saturated rings. The number of para-hydroxylation sites is 1. The molecule has 2 aliphatic rings. The molecule has 1 heterocycles. The van der Waals surface area contributed by atoms with E-state index in [1.807, 2.05) is 0 Å². The highest BCUT2D eigenvalue weighted by Crippen LogP contribution is 2.44. The van der Waals surface area contributed by atoms with Crippen LogP contribution in [-0.2, 0) is 0 Å². The summed E-state index contributed by atoms with van der Waals surface area (Å²) in [5, 5.41) is 3.53. The first-order valence-electron chi connectivity index (χ1n) is 5.75. The maximum atomic E-state index is 5.97. The zero-order valence-electron chi connectivity index (χ0n) is 9.18. The van der Waals surface area contributed by atoms with E-state index >= 15 is 0 Å². The number of benzene rings is 1. The molecular formula is C13H17NO. The van der Waals surface area contributed by atoms with Gasteiger partial charge in [0.05, 0.1) is 12.3 Å². The highest BCUT2D eigenvalue weighted by Gasteiger charge is 2.39. The van der Waals surface area contributed by atoms with Gasteiger partial charge in [-0.2, -0.15) is 0 Å². The van der Waals surface area contributed by atoms with Gasteiger partial charge in [-0.25, -0.2) is 0 Å². The average Bonchev–Trinajstić information content (AvgIpc) is 2.37. The van der Waals surface area contributed by atoms with E-state index in [2.05, 4.69) is 30.4 Å². The van der Waals surface area contributed by atoms with Crippen LogP contribution in [0.25, 0.3) is 0 Å². The molecule has 0 radical (unpaired) electrons. The Kier molecular flexibility index (Phi) is 1.91. The minimum absolute atomic E-state index is 0.422. The molecule has 1 saturated carbocycles. The number of rotatable bonds is 0. The van der Waals surface area contributed by atoms with Crippen molar-refractivity contribution in [3.63, 3.8) is 0 Å². The van der Waals surface area contributed by atoms with Gasteiger partial charge in [0, 0.05) is 12.0 Å². The molecule has 3 rings (SSSR count). The molecule has 1 aliphatic carbocycles. The fourth-order valence-corrected chi connectivity index (χ4v) is 2.54. The second kappa shape index (κ2) is 3.16. The van der Waals surface area contributed by atoms with Crippen molar-refractivity contribution in [1.82, 2.24) is 0 Å². The van der Waals surface area contributed by atoms with Crippen molar-refractivity contribution < 1.29 is 4.74 Å². The van der Waals surface area contributed by atoms with Crippen LogP contribution in [-0.4, -0.2) is 13.2 Å². The Morgan fingerprint density at radius 2 is 2.20 bits per heavy atom. The second-order valence-corrected chi connectivity index (χ2v) is 4.95. The van der Waals surface area contributed by atoms with Crippen LogP contribution in [0.15, 0.2) is 18.2 Å². The predicted molar refractivity (Wildman–Crippen MR) is 61.4 cm³/mol. The van der Waals surface area contributed by atoms with Gasteiger partial charge in [-0.15, -0.1) is 0 Å². The van der Waals surface area contributed by atoms with Crippen molar-refractivity contribution in [3.05, 3.63) is 23.8 Å². The van der Waals surface area contributed by atoms with Crippen LogP contribution in [0.4, 0.5) is 5.69 Å². The SMILES string of the molecule is Cc1cccc2c1OCC1(CCC1)CN2. The molecule has 0 bridgehead atoms. The van der Waals surface area contributed by atoms with E-state index in [0.29, 0.717) is 5.41 Å². The zero-order valence-corrected chi connectivity index (χ0v) is 9.18. The van der Waals surface area contributed by atoms with E-state index in [9.17, 15) is 0 Å². The van der Waals surface area contributed by atoms with Crippen LogP contribution in [0.5, 0.6) is 5.75 Å². The number of hydrogen-bond acceptors (Lipinski definition) is 2. The van der Waals surface area contributed by atoms with Crippen LogP contribution >= 0.6 is 0 Å². The van der Waals surface area contributed by atoms with Crippen molar-refractivity contribution in [2.24, 2.45) is 5.41 Å². The van der Waals surface area contributed by atoms with Gasteiger partial charge < -0.3 is 10.1 Å². The lowest BCUT2D eigenvalue weighted by Gasteiger charge is -2.40. The van der Waals surface area contributed by atoms with Crippen LogP contribution in [0.2, 0.25) is 0 Å². The predicted octanol–water partition coefficient (Wildman–Crippen LogP) is 2.97. The van der Waals surface area contributed by atoms with Crippen molar-refractivity contribution in [3.8, 4) is 5.75 Å². The molecular weight excluding hydrogens is 186 g/mol. The maximum absolute atomic E-state index is 5.97. The van der Waals surface area contributed by atoms with Crippen molar-refractivity contribution in [2.45, 2.75) is 26.2 Å². The van der Waals surface area contributed by atoms with E-state index in [1.54, 1.807) is 0 Å². The topological polar surface area (TPSA) is 21.3 Å². The van der Waals surface area contributed by atoms with Gasteiger partial charge in [-0.1, -0.05) is 18.6 Å². The molecule has 0 saturated heterocycles. The summed E-state index contributed by atoms with van der Waals surface area (Å²) >= 11 is 0. The largest absolute Gasteiger partial charge is 0.490 e. The molecule has 1 aromatic carbocycles. The summed E-state index contributed by atoms with van der Waals surface area (Å²) in [4.78, 5) is 0. The van der Waals surface area contributed by atoms with Crippen LogP contribution in [0.3, 0.4) is 0 Å². The fourth-order valence-electron chi connectivity index (χ4n) is 2.54. The van der Waals surface area contributed by atoms with Gasteiger partial charge in [0.15, 0.2) is 0 Å². The summed E-state index contributed by atoms with van der Waals surface area (Å²) in [6, 6.07) is 6.31. The maximum Gasteiger partial charge on any atom is 0.145 e. The van der Waals surface area contributed by atoms with Crippen molar-refractivity contribution >= 4 is 5.69 Å². The molecule has 1 aromatic rings. The number of anilines is 1. The van der Waals surface area contributed by atoms with Crippen molar-refractivity contribution in [1.29, 1.82) is 0 Å². The molecule has 1 spiro atoms. The lowest BCUT2D eigenvalue weighted by Crippen LogP contribution is -2.40. The van der Waals surface area contributed by atoms with Gasteiger partial charge in [0.2, 0.25) is 0 Å². The minimum Gasteiger partial charge on any atom is -0.490 e. The molecule has 15 heavy (non-hydrogen) atoms. The van der Waals surface area contributed by atoms with Gasteiger partial charge in [-0.3, -0.25) is 0 Å². The number of nitrogens with one attached hydrogen (secondary N) is 1. The number of aryl methyl sites for hydroxylation is 1. The van der Waals surface area contributed by atoms with E-state index in [4.69, 9.17) is 4.74 Å². The summed E-state index contributed by atoms with van der Waals surface area (Å²) in [6.45, 7) is 4.07. The summed E-state index contributed by atoms with van der Waals surface area (Å²) < 4.78 is 5.97. The lowest BCUT2D eigenvalue weighted by molar-refractivity contribution is 0.0762. The Bertz CT molecular complexity index is 382. The highest BCUT2D eigenvalue weighted by atomic mass is 16.5. The van der Waals surface area contributed by atoms with Gasteiger partial charge in [0.1, 0.15) is 5.75 Å². The van der Waals surface area contributed by atoms with Gasteiger partial charge >= 0.3 is 0 Å². The third kappa shape index (κ3) is 1.39.